The zero-order valence-electron chi connectivity index (χ0n) is 16.3. The standard InChI is InChI=1S/C21H17F3N4O2S/c1-12-5-2-3-6-13(12)9-15-19(24)16(22)10-17-20(15)27-21(28-31(17,29)30)25-11-14-7-4-8-18(23)26-14/h2-8,10H,9,11H2,1H3,(H2,25,27,28). The molecule has 0 fully saturated rings. The smallest absolute Gasteiger partial charge is 0.266 e. The van der Waals surface area contributed by atoms with Crippen molar-refractivity contribution in [2.45, 2.75) is 24.8 Å². The van der Waals surface area contributed by atoms with E-state index in [0.29, 0.717) is 6.07 Å². The zero-order chi connectivity index (χ0) is 22.2. The molecule has 6 nitrogen and oxygen atoms in total. The number of rotatable bonds is 4. The van der Waals surface area contributed by atoms with Gasteiger partial charge in [0.1, 0.15) is 4.90 Å². The van der Waals surface area contributed by atoms with Gasteiger partial charge < -0.3 is 5.32 Å². The predicted molar refractivity (Wildman–Crippen MR) is 110 cm³/mol. The molecule has 2 aromatic carbocycles. The Bertz CT molecular complexity index is 1310. The van der Waals surface area contributed by atoms with Crippen molar-refractivity contribution >= 4 is 21.7 Å². The molecule has 0 atom stereocenters. The Balaban J connectivity index is 1.77. The average Bonchev–Trinajstić information content (AvgIpc) is 2.72. The predicted octanol–water partition coefficient (Wildman–Crippen LogP) is 3.66. The molecule has 3 aromatic rings. The van der Waals surface area contributed by atoms with Gasteiger partial charge in [0, 0.05) is 12.0 Å². The van der Waals surface area contributed by atoms with Crippen LogP contribution in [0.3, 0.4) is 0 Å². The molecule has 0 amide bonds. The molecule has 0 saturated carbocycles. The summed E-state index contributed by atoms with van der Waals surface area (Å²) >= 11 is 0. The Labute approximate surface area is 176 Å². The first-order chi connectivity index (χ1) is 14.7. The number of pyridine rings is 1. The van der Waals surface area contributed by atoms with Gasteiger partial charge in [0.2, 0.25) is 11.9 Å². The number of hydrogen-bond donors (Lipinski definition) is 2. The van der Waals surface area contributed by atoms with Gasteiger partial charge in [0.05, 0.1) is 17.9 Å². The molecule has 0 saturated heterocycles. The average molecular weight is 446 g/mol. The van der Waals surface area contributed by atoms with E-state index in [2.05, 4.69) is 20.0 Å². The maximum atomic E-state index is 14.8. The van der Waals surface area contributed by atoms with Crippen LogP contribution in [0.15, 0.2) is 58.4 Å². The van der Waals surface area contributed by atoms with Crippen LogP contribution in [0.4, 0.5) is 18.9 Å². The third-order valence-corrected chi connectivity index (χ3v) is 6.21. The van der Waals surface area contributed by atoms with Gasteiger partial charge in [0.15, 0.2) is 11.6 Å². The molecule has 1 aliphatic rings. The number of halogens is 3. The number of anilines is 1. The molecule has 31 heavy (non-hydrogen) atoms. The Morgan fingerprint density at radius 3 is 2.58 bits per heavy atom. The van der Waals surface area contributed by atoms with Crippen molar-refractivity contribution < 1.29 is 21.6 Å². The van der Waals surface area contributed by atoms with E-state index in [1.165, 1.54) is 18.2 Å². The van der Waals surface area contributed by atoms with E-state index in [0.717, 1.165) is 11.1 Å². The van der Waals surface area contributed by atoms with Crippen LogP contribution in [0.25, 0.3) is 0 Å². The molecule has 0 bridgehead atoms. The van der Waals surface area contributed by atoms with E-state index >= 15 is 0 Å². The fraction of sp³-hybridized carbons (Fsp3) is 0.143. The van der Waals surface area contributed by atoms with E-state index < -0.39 is 32.5 Å². The second kappa shape index (κ2) is 8.03. The van der Waals surface area contributed by atoms with Crippen molar-refractivity contribution in [2.24, 2.45) is 4.99 Å². The van der Waals surface area contributed by atoms with E-state index in [9.17, 15) is 21.6 Å². The first-order valence-electron chi connectivity index (χ1n) is 9.25. The lowest BCUT2D eigenvalue weighted by atomic mass is 9.98. The van der Waals surface area contributed by atoms with Gasteiger partial charge in [-0.15, -0.1) is 0 Å². The van der Waals surface area contributed by atoms with Gasteiger partial charge in [-0.3, -0.25) is 0 Å². The molecule has 0 unspecified atom stereocenters. The number of benzene rings is 2. The first kappa shape index (κ1) is 20.9. The van der Waals surface area contributed by atoms with Crippen LogP contribution in [-0.4, -0.2) is 19.4 Å². The number of sulfonamides is 1. The van der Waals surface area contributed by atoms with E-state index in [-0.39, 0.29) is 35.9 Å². The second-order valence-electron chi connectivity index (χ2n) is 6.97. The van der Waals surface area contributed by atoms with Gasteiger partial charge in [-0.05, 0) is 36.2 Å². The third kappa shape index (κ3) is 4.24. The SMILES string of the molecule is Cc1ccccc1Cc1c(F)c(F)cc2c1NC(=NCc1cccc(F)n1)NS2(=O)=O. The van der Waals surface area contributed by atoms with Crippen molar-refractivity contribution in [1.29, 1.82) is 0 Å². The number of hydrogen-bond acceptors (Lipinski definition) is 4. The van der Waals surface area contributed by atoms with Crippen molar-refractivity contribution in [2.75, 3.05) is 5.32 Å². The number of nitrogens with one attached hydrogen (secondary N) is 2. The Morgan fingerprint density at radius 1 is 1.06 bits per heavy atom. The van der Waals surface area contributed by atoms with Crippen LogP contribution in [0, 0.1) is 24.5 Å². The van der Waals surface area contributed by atoms with E-state index in [1.54, 1.807) is 12.1 Å². The number of aromatic nitrogens is 1. The van der Waals surface area contributed by atoms with Gasteiger partial charge >= 0.3 is 0 Å². The molecule has 0 aliphatic carbocycles. The molecule has 10 heteroatoms. The first-order valence-corrected chi connectivity index (χ1v) is 10.7. The maximum absolute atomic E-state index is 14.8. The summed E-state index contributed by atoms with van der Waals surface area (Å²) in [6.45, 7) is 1.69. The molecule has 1 aliphatic heterocycles. The highest BCUT2D eigenvalue weighted by molar-refractivity contribution is 7.90. The minimum absolute atomic E-state index is 0.0279. The summed E-state index contributed by atoms with van der Waals surface area (Å²) in [5.74, 6) is -3.30. The van der Waals surface area contributed by atoms with Crippen LogP contribution in [0.2, 0.25) is 0 Å². The van der Waals surface area contributed by atoms with E-state index in [4.69, 9.17) is 0 Å². The summed E-state index contributed by atoms with van der Waals surface area (Å²) in [6.07, 6.45) is -0.0279. The summed E-state index contributed by atoms with van der Waals surface area (Å²) in [7, 11) is -4.21. The number of guanidine groups is 1. The van der Waals surface area contributed by atoms with Gasteiger partial charge in [-0.2, -0.15) is 4.39 Å². The summed E-state index contributed by atoms with van der Waals surface area (Å²) < 4.78 is 69.8. The normalized spacial score (nSPS) is 15.8. The van der Waals surface area contributed by atoms with Crippen LogP contribution >= 0.6 is 0 Å². The third-order valence-electron chi connectivity index (χ3n) is 4.85. The highest BCUT2D eigenvalue weighted by Crippen LogP contribution is 2.34. The van der Waals surface area contributed by atoms with Gasteiger partial charge in [-0.25, -0.2) is 31.9 Å². The molecular weight excluding hydrogens is 429 g/mol. The lowest BCUT2D eigenvalue weighted by Crippen LogP contribution is -2.41. The fourth-order valence-electron chi connectivity index (χ4n) is 3.26. The van der Waals surface area contributed by atoms with Crippen molar-refractivity contribution in [3.63, 3.8) is 0 Å². The summed E-state index contributed by atoms with van der Waals surface area (Å²) in [4.78, 5) is 7.32. The highest BCUT2D eigenvalue weighted by atomic mass is 32.2. The van der Waals surface area contributed by atoms with Gasteiger partial charge in [-0.1, -0.05) is 30.3 Å². The van der Waals surface area contributed by atoms with Crippen LogP contribution < -0.4 is 10.0 Å². The highest BCUT2D eigenvalue weighted by Gasteiger charge is 2.32. The van der Waals surface area contributed by atoms with Crippen LogP contribution in [-0.2, 0) is 23.0 Å². The molecule has 2 N–H and O–H groups in total. The number of fused-ring (bicyclic) bond motifs is 1. The van der Waals surface area contributed by atoms with Crippen LogP contribution in [0.1, 0.15) is 22.4 Å². The molecule has 1 aromatic heterocycles. The van der Waals surface area contributed by atoms with Crippen molar-refractivity contribution in [1.82, 2.24) is 9.71 Å². The number of aliphatic imine (C=N–C) groups is 1. The largest absolute Gasteiger partial charge is 0.324 e. The number of nitrogens with zero attached hydrogens (tertiary/aromatic N) is 2. The zero-order valence-corrected chi connectivity index (χ0v) is 17.1. The number of aryl methyl sites for hydroxylation is 1. The van der Waals surface area contributed by atoms with Crippen molar-refractivity contribution in [3.8, 4) is 0 Å². The fourth-order valence-corrected chi connectivity index (χ4v) is 4.45. The second-order valence-corrected chi connectivity index (χ2v) is 8.63. The quantitative estimate of drug-likeness (QED) is 0.600. The minimum atomic E-state index is -4.21. The Morgan fingerprint density at radius 2 is 1.84 bits per heavy atom. The molecule has 2 heterocycles. The van der Waals surface area contributed by atoms with Crippen molar-refractivity contribution in [3.05, 3.63) is 88.5 Å². The minimum Gasteiger partial charge on any atom is -0.324 e. The van der Waals surface area contributed by atoms with Gasteiger partial charge in [0.25, 0.3) is 10.0 Å². The molecular formula is C21H17F3N4O2S. The van der Waals surface area contributed by atoms with Crippen LogP contribution in [0.5, 0.6) is 0 Å². The maximum Gasteiger partial charge on any atom is 0.266 e. The molecule has 0 radical (unpaired) electrons. The van der Waals surface area contributed by atoms with E-state index in [1.807, 2.05) is 19.1 Å². The monoisotopic (exact) mass is 446 g/mol. The Kier molecular flexibility index (Phi) is 5.40. The Hall–Kier alpha value is -3.40. The molecule has 0 spiro atoms. The summed E-state index contributed by atoms with van der Waals surface area (Å²) in [5, 5.41) is 2.75. The summed E-state index contributed by atoms with van der Waals surface area (Å²) in [6, 6.07) is 11.9. The topological polar surface area (TPSA) is 83.4 Å². The lowest BCUT2D eigenvalue weighted by Gasteiger charge is -2.25. The lowest BCUT2D eigenvalue weighted by molar-refractivity contribution is 0.497. The molecule has 160 valence electrons. The summed E-state index contributed by atoms with van der Waals surface area (Å²) in [5.41, 5.74) is 1.61. The molecule has 4 rings (SSSR count).